The zero-order valence-electron chi connectivity index (χ0n) is 16.8. The summed E-state index contributed by atoms with van der Waals surface area (Å²) in [6.07, 6.45) is 4.73. The third-order valence-electron chi connectivity index (χ3n) is 6.39. The molecule has 30 heavy (non-hydrogen) atoms. The Labute approximate surface area is 177 Å². The Morgan fingerprint density at radius 2 is 1.83 bits per heavy atom. The lowest BCUT2D eigenvalue weighted by Gasteiger charge is -2.35. The molecule has 0 aromatic heterocycles. The highest BCUT2D eigenvalue weighted by Gasteiger charge is 2.35. The van der Waals surface area contributed by atoms with Crippen LogP contribution in [0, 0.1) is 5.92 Å². The first kappa shape index (κ1) is 19.3. The van der Waals surface area contributed by atoms with E-state index in [1.54, 1.807) is 18.2 Å². The monoisotopic (exact) mass is 423 g/mol. The largest absolute Gasteiger partial charge is 0.355 e. The first-order valence-corrected chi connectivity index (χ1v) is 12.0. The number of amidine groups is 1. The molecule has 2 unspecified atom stereocenters. The number of rotatable bonds is 2. The van der Waals surface area contributed by atoms with Crippen LogP contribution in [0.1, 0.15) is 48.4 Å². The Balaban J connectivity index is 1.33. The van der Waals surface area contributed by atoms with Gasteiger partial charge in [0.1, 0.15) is 4.90 Å². The Hall–Kier alpha value is -2.67. The predicted octanol–water partition coefficient (Wildman–Crippen LogP) is 3.04. The van der Waals surface area contributed by atoms with Crippen LogP contribution >= 0.6 is 0 Å². The van der Waals surface area contributed by atoms with Gasteiger partial charge >= 0.3 is 0 Å². The van der Waals surface area contributed by atoms with Crippen molar-refractivity contribution in [1.29, 1.82) is 0 Å². The molecule has 156 valence electrons. The van der Waals surface area contributed by atoms with Crippen molar-refractivity contribution in [3.63, 3.8) is 0 Å². The first-order valence-electron chi connectivity index (χ1n) is 10.6. The van der Waals surface area contributed by atoms with E-state index in [0.717, 1.165) is 32.1 Å². The van der Waals surface area contributed by atoms with Gasteiger partial charge in [-0.3, -0.25) is 4.79 Å². The maximum Gasteiger partial charge on any atom is 0.285 e. The maximum atomic E-state index is 13.1. The normalized spacial score (nSPS) is 24.5. The zero-order valence-corrected chi connectivity index (χ0v) is 17.6. The van der Waals surface area contributed by atoms with Gasteiger partial charge in [0.25, 0.3) is 10.0 Å². The molecule has 2 aromatic carbocycles. The molecule has 0 radical (unpaired) electrons. The molecule has 1 amide bonds. The van der Waals surface area contributed by atoms with Gasteiger partial charge in [0.05, 0.1) is 12.0 Å². The van der Waals surface area contributed by atoms with Crippen molar-refractivity contribution in [3.05, 3.63) is 65.2 Å². The molecule has 3 aliphatic rings. The van der Waals surface area contributed by atoms with Crippen LogP contribution in [0.4, 0.5) is 0 Å². The highest BCUT2D eigenvalue weighted by Crippen LogP contribution is 2.32. The van der Waals surface area contributed by atoms with Crippen molar-refractivity contribution in [2.45, 2.75) is 43.0 Å². The summed E-state index contributed by atoms with van der Waals surface area (Å²) in [5.41, 5.74) is 3.19. The van der Waals surface area contributed by atoms with Crippen LogP contribution in [0.3, 0.4) is 0 Å². The van der Waals surface area contributed by atoms with Crippen LogP contribution in [0.15, 0.2) is 57.8 Å². The SMILES string of the molecule is O=C(NC1CCCc2ccccc21)C1CCCN(C2=NS(=O)(=O)c3ccccc32)C1. The topological polar surface area (TPSA) is 78.8 Å². The minimum Gasteiger partial charge on any atom is -0.355 e. The summed E-state index contributed by atoms with van der Waals surface area (Å²) >= 11 is 0. The lowest BCUT2D eigenvalue weighted by Crippen LogP contribution is -2.46. The van der Waals surface area contributed by atoms with E-state index in [1.165, 1.54) is 11.1 Å². The van der Waals surface area contributed by atoms with E-state index in [2.05, 4.69) is 27.9 Å². The quantitative estimate of drug-likeness (QED) is 0.805. The number of hydrogen-bond acceptors (Lipinski definition) is 4. The highest BCUT2D eigenvalue weighted by molar-refractivity contribution is 7.90. The summed E-state index contributed by atoms with van der Waals surface area (Å²) in [5, 5.41) is 3.27. The predicted molar refractivity (Wildman–Crippen MR) is 115 cm³/mol. The number of carbonyl (C=O) groups is 1. The van der Waals surface area contributed by atoms with Gasteiger partial charge in [-0.15, -0.1) is 4.40 Å². The fourth-order valence-corrected chi connectivity index (χ4v) is 6.12. The lowest BCUT2D eigenvalue weighted by molar-refractivity contribution is -0.127. The molecule has 1 aliphatic carbocycles. The van der Waals surface area contributed by atoms with E-state index >= 15 is 0 Å². The average Bonchev–Trinajstić information content (AvgIpc) is 3.05. The van der Waals surface area contributed by atoms with Crippen molar-refractivity contribution in [3.8, 4) is 0 Å². The first-order chi connectivity index (χ1) is 14.5. The summed E-state index contributed by atoms with van der Waals surface area (Å²) in [6.45, 7) is 1.20. The second kappa shape index (κ2) is 7.54. The van der Waals surface area contributed by atoms with Crippen molar-refractivity contribution in [1.82, 2.24) is 10.2 Å². The second-order valence-electron chi connectivity index (χ2n) is 8.32. The van der Waals surface area contributed by atoms with Gasteiger partial charge in [0, 0.05) is 18.7 Å². The molecular weight excluding hydrogens is 398 g/mol. The summed E-state index contributed by atoms with van der Waals surface area (Å²) < 4.78 is 28.8. The number of carbonyl (C=O) groups excluding carboxylic acids is 1. The van der Waals surface area contributed by atoms with E-state index < -0.39 is 10.0 Å². The van der Waals surface area contributed by atoms with Gasteiger partial charge in [-0.1, -0.05) is 36.4 Å². The molecule has 1 N–H and O–H groups in total. The molecule has 5 rings (SSSR count). The van der Waals surface area contributed by atoms with Crippen molar-refractivity contribution < 1.29 is 13.2 Å². The fourth-order valence-electron chi connectivity index (χ4n) is 4.89. The van der Waals surface area contributed by atoms with Gasteiger partial charge in [0.15, 0.2) is 5.84 Å². The van der Waals surface area contributed by atoms with E-state index in [0.29, 0.717) is 24.5 Å². The van der Waals surface area contributed by atoms with Gasteiger partial charge < -0.3 is 10.2 Å². The summed E-state index contributed by atoms with van der Waals surface area (Å²) in [6, 6.07) is 15.3. The standard InChI is InChI=1S/C23H25N3O3S/c27-23(24-20-12-5-8-16-7-1-2-10-18(16)20)17-9-6-14-26(15-17)22-19-11-3-4-13-21(19)30(28,29)25-22/h1-4,7,10-11,13,17,20H,5-6,8-9,12,14-15H2,(H,24,27). The van der Waals surface area contributed by atoms with E-state index in [-0.39, 0.29) is 22.8 Å². The fraction of sp³-hybridized carbons (Fsp3) is 0.391. The molecule has 2 atom stereocenters. The van der Waals surface area contributed by atoms with Gasteiger partial charge in [-0.05, 0) is 55.4 Å². The molecule has 1 fully saturated rings. The Morgan fingerprint density at radius 1 is 1.03 bits per heavy atom. The van der Waals surface area contributed by atoms with Crippen molar-refractivity contribution in [2.24, 2.45) is 10.3 Å². The van der Waals surface area contributed by atoms with Gasteiger partial charge in [0.2, 0.25) is 5.91 Å². The third-order valence-corrected chi connectivity index (χ3v) is 7.72. The molecule has 0 spiro atoms. The molecule has 6 nitrogen and oxygen atoms in total. The van der Waals surface area contributed by atoms with Crippen LogP contribution < -0.4 is 5.32 Å². The number of likely N-dealkylation sites (tertiary alicyclic amines) is 1. The highest BCUT2D eigenvalue weighted by atomic mass is 32.2. The summed E-state index contributed by atoms with van der Waals surface area (Å²) in [7, 11) is -3.65. The summed E-state index contributed by atoms with van der Waals surface area (Å²) in [5.74, 6) is 0.355. The van der Waals surface area contributed by atoms with Crippen LogP contribution in [0.5, 0.6) is 0 Å². The second-order valence-corrected chi connectivity index (χ2v) is 9.90. The minimum absolute atomic E-state index is 0.0520. The van der Waals surface area contributed by atoms with Crippen molar-refractivity contribution in [2.75, 3.05) is 13.1 Å². The number of benzene rings is 2. The minimum atomic E-state index is -3.65. The molecule has 2 aliphatic heterocycles. The number of piperidine rings is 1. The number of nitrogens with zero attached hydrogens (tertiary/aromatic N) is 2. The smallest absolute Gasteiger partial charge is 0.285 e. The average molecular weight is 424 g/mol. The van der Waals surface area contributed by atoms with Crippen LogP contribution in [0.2, 0.25) is 0 Å². The summed E-state index contributed by atoms with van der Waals surface area (Å²) in [4.78, 5) is 15.3. The number of fused-ring (bicyclic) bond motifs is 2. The molecule has 0 bridgehead atoms. The molecule has 7 heteroatoms. The number of nitrogens with one attached hydrogen (secondary N) is 1. The molecule has 2 aromatic rings. The Kier molecular flexibility index (Phi) is 4.85. The number of sulfonamides is 1. The molecular formula is C23H25N3O3S. The Morgan fingerprint density at radius 3 is 2.73 bits per heavy atom. The lowest BCUT2D eigenvalue weighted by atomic mass is 9.87. The van der Waals surface area contributed by atoms with Gasteiger partial charge in [-0.25, -0.2) is 0 Å². The maximum absolute atomic E-state index is 13.1. The van der Waals surface area contributed by atoms with Crippen molar-refractivity contribution >= 4 is 21.8 Å². The van der Waals surface area contributed by atoms with E-state index in [1.807, 2.05) is 17.0 Å². The van der Waals surface area contributed by atoms with Crippen LogP contribution in [-0.2, 0) is 21.2 Å². The Bertz CT molecular complexity index is 1130. The number of amides is 1. The van der Waals surface area contributed by atoms with Crippen LogP contribution in [-0.4, -0.2) is 38.2 Å². The van der Waals surface area contributed by atoms with Gasteiger partial charge in [-0.2, -0.15) is 8.42 Å². The molecule has 1 saturated heterocycles. The molecule has 0 saturated carbocycles. The third kappa shape index (κ3) is 3.41. The van der Waals surface area contributed by atoms with E-state index in [4.69, 9.17) is 0 Å². The number of aryl methyl sites for hydroxylation is 1. The number of hydrogen-bond donors (Lipinski definition) is 1. The van der Waals surface area contributed by atoms with Crippen LogP contribution in [0.25, 0.3) is 0 Å². The van der Waals surface area contributed by atoms with E-state index in [9.17, 15) is 13.2 Å². The molecule has 2 heterocycles. The zero-order chi connectivity index (χ0) is 20.7.